The minimum atomic E-state index is -0.615. The molecule has 5 nitrogen and oxygen atoms in total. The number of halogens is 1. The van der Waals surface area contributed by atoms with Gasteiger partial charge in [-0.2, -0.15) is 0 Å². The minimum Gasteiger partial charge on any atom is -0.452 e. The Morgan fingerprint density at radius 1 is 0.903 bits per heavy atom. The molecule has 0 aliphatic heterocycles. The van der Waals surface area contributed by atoms with E-state index in [9.17, 15) is 9.59 Å². The first-order valence-electron chi connectivity index (χ1n) is 9.42. The number of hydrogen-bond acceptors (Lipinski definition) is 5. The predicted octanol–water partition coefficient (Wildman–Crippen LogP) is 5.93. The molecule has 0 spiro atoms. The van der Waals surface area contributed by atoms with Gasteiger partial charge in [0.05, 0.1) is 11.3 Å². The SMILES string of the molecule is O=C(COC(=O)c1cccc(Cl)c1)Nc1nc(-c2ccc(-c3ccccc3)cc2)cs1. The summed E-state index contributed by atoms with van der Waals surface area (Å²) in [6, 6.07) is 24.5. The van der Waals surface area contributed by atoms with E-state index in [0.29, 0.717) is 10.2 Å². The molecule has 1 aromatic heterocycles. The molecule has 7 heteroatoms. The van der Waals surface area contributed by atoms with E-state index in [1.165, 1.54) is 17.4 Å². The van der Waals surface area contributed by atoms with Crippen LogP contribution in [0.5, 0.6) is 0 Å². The normalized spacial score (nSPS) is 10.5. The summed E-state index contributed by atoms with van der Waals surface area (Å²) in [6.45, 7) is -0.411. The van der Waals surface area contributed by atoms with Gasteiger partial charge in [-0.15, -0.1) is 11.3 Å². The number of nitrogens with zero attached hydrogens (tertiary/aromatic N) is 1. The maximum absolute atomic E-state index is 12.1. The van der Waals surface area contributed by atoms with Gasteiger partial charge in [-0.3, -0.25) is 10.1 Å². The molecule has 0 saturated heterocycles. The maximum atomic E-state index is 12.1. The predicted molar refractivity (Wildman–Crippen MR) is 123 cm³/mol. The van der Waals surface area contributed by atoms with Crippen molar-refractivity contribution in [3.05, 3.63) is 94.8 Å². The Morgan fingerprint density at radius 3 is 2.35 bits per heavy atom. The minimum absolute atomic E-state index is 0.288. The van der Waals surface area contributed by atoms with Crippen LogP contribution in [0.3, 0.4) is 0 Å². The van der Waals surface area contributed by atoms with Gasteiger partial charge in [0.15, 0.2) is 11.7 Å². The molecule has 0 bridgehead atoms. The highest BCUT2D eigenvalue weighted by molar-refractivity contribution is 7.14. The van der Waals surface area contributed by atoms with Crippen LogP contribution in [-0.2, 0) is 9.53 Å². The van der Waals surface area contributed by atoms with Crippen LogP contribution in [0.15, 0.2) is 84.2 Å². The highest BCUT2D eigenvalue weighted by Crippen LogP contribution is 2.27. The fraction of sp³-hybridized carbons (Fsp3) is 0.0417. The molecule has 0 radical (unpaired) electrons. The summed E-state index contributed by atoms with van der Waals surface area (Å²) in [5.41, 5.74) is 4.26. The Morgan fingerprint density at radius 2 is 1.61 bits per heavy atom. The van der Waals surface area contributed by atoms with Gasteiger partial charge < -0.3 is 4.74 Å². The second-order valence-electron chi connectivity index (χ2n) is 6.62. The van der Waals surface area contributed by atoms with Crippen LogP contribution in [0.2, 0.25) is 5.02 Å². The third-order valence-electron chi connectivity index (χ3n) is 4.43. The average molecular weight is 449 g/mol. The van der Waals surface area contributed by atoms with Gasteiger partial charge in [-0.25, -0.2) is 9.78 Å². The topological polar surface area (TPSA) is 68.3 Å². The van der Waals surface area contributed by atoms with Crippen molar-refractivity contribution in [3.8, 4) is 22.4 Å². The van der Waals surface area contributed by atoms with Crippen LogP contribution in [0.1, 0.15) is 10.4 Å². The summed E-state index contributed by atoms with van der Waals surface area (Å²) in [6.07, 6.45) is 0. The van der Waals surface area contributed by atoms with Crippen LogP contribution in [-0.4, -0.2) is 23.5 Å². The van der Waals surface area contributed by atoms with Crippen LogP contribution >= 0.6 is 22.9 Å². The van der Waals surface area contributed by atoms with E-state index in [2.05, 4.69) is 22.4 Å². The molecule has 0 aliphatic carbocycles. The van der Waals surface area contributed by atoms with Crippen molar-refractivity contribution in [1.29, 1.82) is 0 Å². The number of hydrogen-bond donors (Lipinski definition) is 1. The van der Waals surface area contributed by atoms with Gasteiger partial charge >= 0.3 is 5.97 Å². The lowest BCUT2D eigenvalue weighted by Gasteiger charge is -2.05. The van der Waals surface area contributed by atoms with Crippen LogP contribution < -0.4 is 5.32 Å². The molecule has 3 aromatic carbocycles. The number of thiazole rings is 1. The molecule has 1 heterocycles. The summed E-state index contributed by atoms with van der Waals surface area (Å²) in [4.78, 5) is 28.6. The summed E-state index contributed by atoms with van der Waals surface area (Å²) in [5, 5.41) is 5.38. The van der Waals surface area contributed by atoms with Crippen molar-refractivity contribution in [2.45, 2.75) is 0 Å². The first kappa shape index (κ1) is 20.8. The van der Waals surface area contributed by atoms with Gasteiger partial charge in [-0.1, -0.05) is 72.3 Å². The number of rotatable bonds is 6. The van der Waals surface area contributed by atoms with E-state index in [1.54, 1.807) is 18.2 Å². The molecule has 1 N–H and O–H groups in total. The Hall–Kier alpha value is -3.48. The lowest BCUT2D eigenvalue weighted by molar-refractivity contribution is -0.119. The highest BCUT2D eigenvalue weighted by atomic mass is 35.5. The van der Waals surface area contributed by atoms with E-state index in [4.69, 9.17) is 16.3 Å². The molecule has 0 fully saturated rings. The zero-order valence-corrected chi connectivity index (χ0v) is 17.8. The van der Waals surface area contributed by atoms with Crippen LogP contribution in [0.4, 0.5) is 5.13 Å². The average Bonchev–Trinajstić information content (AvgIpc) is 3.26. The fourth-order valence-electron chi connectivity index (χ4n) is 2.91. The molecule has 0 aliphatic rings. The molecule has 0 atom stereocenters. The summed E-state index contributed by atoms with van der Waals surface area (Å²) >= 11 is 7.16. The number of aromatic nitrogens is 1. The van der Waals surface area contributed by atoms with Gasteiger partial charge in [0.1, 0.15) is 0 Å². The largest absolute Gasteiger partial charge is 0.452 e. The van der Waals surface area contributed by atoms with Gasteiger partial charge in [-0.05, 0) is 29.3 Å². The van der Waals surface area contributed by atoms with Crippen molar-refractivity contribution in [2.24, 2.45) is 0 Å². The number of carbonyl (C=O) groups is 2. The second kappa shape index (κ2) is 9.55. The Bertz CT molecular complexity index is 1210. The monoisotopic (exact) mass is 448 g/mol. The quantitative estimate of drug-likeness (QED) is 0.371. The van der Waals surface area contributed by atoms with E-state index < -0.39 is 18.5 Å². The van der Waals surface area contributed by atoms with Crippen molar-refractivity contribution in [2.75, 3.05) is 11.9 Å². The smallest absolute Gasteiger partial charge is 0.338 e. The second-order valence-corrected chi connectivity index (χ2v) is 7.91. The Kier molecular flexibility index (Phi) is 6.40. The lowest BCUT2D eigenvalue weighted by Crippen LogP contribution is -2.20. The molecular formula is C24H17ClN2O3S. The third-order valence-corrected chi connectivity index (χ3v) is 5.43. The van der Waals surface area contributed by atoms with Gasteiger partial charge in [0.25, 0.3) is 5.91 Å². The van der Waals surface area contributed by atoms with Crippen LogP contribution in [0, 0.1) is 0 Å². The van der Waals surface area contributed by atoms with Gasteiger partial charge in [0.2, 0.25) is 0 Å². The lowest BCUT2D eigenvalue weighted by atomic mass is 10.0. The molecular weight excluding hydrogens is 432 g/mol. The number of esters is 1. The number of anilines is 1. The molecule has 4 rings (SSSR count). The van der Waals surface area contributed by atoms with Crippen molar-refractivity contribution >= 4 is 39.9 Å². The standard InChI is InChI=1S/C24H17ClN2O3S/c25-20-8-4-7-19(13-20)23(29)30-14-22(28)27-24-26-21(15-31-24)18-11-9-17(10-12-18)16-5-2-1-3-6-16/h1-13,15H,14H2,(H,26,27,28). The number of carbonyl (C=O) groups excluding carboxylic acids is 2. The van der Waals surface area contributed by atoms with Crippen LogP contribution in [0.25, 0.3) is 22.4 Å². The first-order valence-corrected chi connectivity index (χ1v) is 10.7. The molecule has 1 amide bonds. The van der Waals surface area contributed by atoms with Crippen molar-refractivity contribution < 1.29 is 14.3 Å². The third kappa shape index (κ3) is 5.36. The number of amides is 1. The van der Waals surface area contributed by atoms with E-state index in [0.717, 1.165) is 22.4 Å². The Labute approximate surface area is 188 Å². The van der Waals surface area contributed by atoms with Gasteiger partial charge in [0, 0.05) is 16.0 Å². The summed E-state index contributed by atoms with van der Waals surface area (Å²) < 4.78 is 5.03. The van der Waals surface area contributed by atoms with E-state index in [1.807, 2.05) is 47.8 Å². The summed E-state index contributed by atoms with van der Waals surface area (Å²) in [7, 11) is 0. The zero-order valence-electron chi connectivity index (χ0n) is 16.2. The number of ether oxygens (including phenoxy) is 1. The van der Waals surface area contributed by atoms with E-state index >= 15 is 0 Å². The first-order chi connectivity index (χ1) is 15.1. The fourth-order valence-corrected chi connectivity index (χ4v) is 3.84. The highest BCUT2D eigenvalue weighted by Gasteiger charge is 2.13. The van der Waals surface area contributed by atoms with Crippen molar-refractivity contribution in [1.82, 2.24) is 4.98 Å². The number of nitrogens with one attached hydrogen (secondary N) is 1. The molecule has 31 heavy (non-hydrogen) atoms. The molecule has 0 saturated carbocycles. The maximum Gasteiger partial charge on any atom is 0.338 e. The van der Waals surface area contributed by atoms with Crippen molar-refractivity contribution in [3.63, 3.8) is 0 Å². The van der Waals surface area contributed by atoms with E-state index in [-0.39, 0.29) is 5.56 Å². The summed E-state index contributed by atoms with van der Waals surface area (Å²) in [5.74, 6) is -1.08. The zero-order chi connectivity index (χ0) is 21.6. The Balaban J connectivity index is 1.34. The molecule has 154 valence electrons. The molecule has 0 unspecified atom stereocenters. The molecule has 4 aromatic rings. The number of benzene rings is 3.